The summed E-state index contributed by atoms with van der Waals surface area (Å²) in [6.45, 7) is 6.57. The van der Waals surface area contributed by atoms with Crippen molar-refractivity contribution in [1.82, 2.24) is 4.90 Å². The second-order valence-corrected chi connectivity index (χ2v) is 9.46. The number of amidine groups is 1. The predicted molar refractivity (Wildman–Crippen MR) is 139 cm³/mol. The molecule has 0 saturated carbocycles. The van der Waals surface area contributed by atoms with Crippen molar-refractivity contribution in [3.8, 4) is 5.75 Å². The quantitative estimate of drug-likeness (QED) is 0.346. The van der Waals surface area contributed by atoms with Crippen molar-refractivity contribution in [2.24, 2.45) is 4.99 Å². The third kappa shape index (κ3) is 6.64. The highest BCUT2D eigenvalue weighted by Gasteiger charge is 2.28. The highest BCUT2D eigenvalue weighted by molar-refractivity contribution is 8.18. The third-order valence-electron chi connectivity index (χ3n) is 5.98. The molecule has 2 aliphatic rings. The van der Waals surface area contributed by atoms with Crippen molar-refractivity contribution in [1.29, 1.82) is 0 Å². The first-order valence-corrected chi connectivity index (χ1v) is 12.8. The largest absolute Gasteiger partial charge is 0.494 e. The Labute approximate surface area is 201 Å². The first-order chi connectivity index (χ1) is 16.2. The molecule has 33 heavy (non-hydrogen) atoms. The Balaban J connectivity index is 1.25. The summed E-state index contributed by atoms with van der Waals surface area (Å²) in [5.41, 5.74) is 2.24. The van der Waals surface area contributed by atoms with E-state index in [2.05, 4.69) is 46.0 Å². The molecule has 0 aliphatic carbocycles. The van der Waals surface area contributed by atoms with E-state index in [4.69, 9.17) is 4.74 Å². The van der Waals surface area contributed by atoms with Gasteiger partial charge in [0.1, 0.15) is 5.75 Å². The number of anilines is 1. The molecule has 2 aliphatic heterocycles. The van der Waals surface area contributed by atoms with Gasteiger partial charge in [0.15, 0.2) is 5.17 Å². The van der Waals surface area contributed by atoms with E-state index < -0.39 is 0 Å². The van der Waals surface area contributed by atoms with Gasteiger partial charge in [0.25, 0.3) is 5.91 Å². The van der Waals surface area contributed by atoms with Crippen molar-refractivity contribution >= 4 is 34.6 Å². The number of amides is 1. The molecule has 0 aromatic heterocycles. The fraction of sp³-hybridized carbons (Fsp3) is 0.407. The lowest BCUT2D eigenvalue weighted by Gasteiger charge is -2.36. The number of carbonyl (C=O) groups excluding carboxylic acids is 1. The molecule has 1 saturated heterocycles. The van der Waals surface area contributed by atoms with Gasteiger partial charge in [-0.3, -0.25) is 4.79 Å². The van der Waals surface area contributed by atoms with Crippen molar-refractivity contribution < 1.29 is 9.53 Å². The van der Waals surface area contributed by atoms with Gasteiger partial charge in [-0.2, -0.15) is 4.99 Å². The lowest BCUT2D eigenvalue weighted by atomic mass is 10.2. The van der Waals surface area contributed by atoms with Crippen LogP contribution in [0.4, 0.5) is 5.69 Å². The van der Waals surface area contributed by atoms with Crippen LogP contribution in [0.2, 0.25) is 0 Å². The first-order valence-electron chi connectivity index (χ1n) is 12.0. The van der Waals surface area contributed by atoms with Gasteiger partial charge in [0.2, 0.25) is 0 Å². The van der Waals surface area contributed by atoms with E-state index in [9.17, 15) is 4.79 Å². The summed E-state index contributed by atoms with van der Waals surface area (Å²) in [5, 5.41) is 0.821. The smallest absolute Gasteiger partial charge is 0.286 e. The van der Waals surface area contributed by atoms with Crippen molar-refractivity contribution in [3.63, 3.8) is 0 Å². The van der Waals surface area contributed by atoms with Gasteiger partial charge in [0, 0.05) is 31.9 Å². The van der Waals surface area contributed by atoms with Gasteiger partial charge in [-0.05, 0) is 54.1 Å². The number of ether oxygens (including phenoxy) is 1. The standard InChI is InChI=1S/C27H33N3O2S/c1-2-3-4-5-9-20-32-24-14-12-22(13-15-24)21-25-26(31)28-27(33-25)30-18-16-29(17-19-30)23-10-7-6-8-11-23/h6-8,10-15,21H,2-5,9,16-20H2,1H3/b25-21+. The maximum atomic E-state index is 12.5. The fourth-order valence-corrected chi connectivity index (χ4v) is 5.00. The van der Waals surface area contributed by atoms with Gasteiger partial charge < -0.3 is 14.5 Å². The molecule has 174 valence electrons. The van der Waals surface area contributed by atoms with Gasteiger partial charge in [-0.15, -0.1) is 0 Å². The Morgan fingerprint density at radius 3 is 2.33 bits per heavy atom. The highest BCUT2D eigenvalue weighted by Crippen LogP contribution is 2.31. The number of unbranched alkanes of at least 4 members (excludes halogenated alkanes) is 4. The fourth-order valence-electron chi connectivity index (χ4n) is 4.04. The van der Waals surface area contributed by atoms with E-state index in [0.717, 1.165) is 55.7 Å². The Morgan fingerprint density at radius 2 is 1.61 bits per heavy atom. The maximum absolute atomic E-state index is 12.5. The van der Waals surface area contributed by atoms with Gasteiger partial charge >= 0.3 is 0 Å². The Morgan fingerprint density at radius 1 is 0.909 bits per heavy atom. The number of piperazine rings is 1. The van der Waals surface area contributed by atoms with Gasteiger partial charge in [0.05, 0.1) is 11.5 Å². The molecular weight excluding hydrogens is 430 g/mol. The summed E-state index contributed by atoms with van der Waals surface area (Å²) < 4.78 is 5.84. The molecule has 2 heterocycles. The summed E-state index contributed by atoms with van der Waals surface area (Å²) in [7, 11) is 0. The Kier molecular flexibility index (Phi) is 8.47. The van der Waals surface area contributed by atoms with Crippen LogP contribution in [-0.2, 0) is 4.79 Å². The number of carbonyl (C=O) groups is 1. The molecule has 2 aromatic carbocycles. The molecule has 0 radical (unpaired) electrons. The monoisotopic (exact) mass is 463 g/mol. The number of para-hydroxylation sites is 1. The van der Waals surface area contributed by atoms with E-state index in [1.807, 2.05) is 36.4 Å². The summed E-state index contributed by atoms with van der Waals surface area (Å²) in [6.07, 6.45) is 8.09. The minimum atomic E-state index is -0.145. The van der Waals surface area contributed by atoms with Crippen LogP contribution in [-0.4, -0.2) is 48.8 Å². The molecule has 1 fully saturated rings. The summed E-state index contributed by atoms with van der Waals surface area (Å²) >= 11 is 1.48. The van der Waals surface area contributed by atoms with Crippen molar-refractivity contribution in [2.75, 3.05) is 37.7 Å². The van der Waals surface area contributed by atoms with Crippen LogP contribution in [0.1, 0.15) is 44.6 Å². The van der Waals surface area contributed by atoms with E-state index >= 15 is 0 Å². The molecule has 5 nitrogen and oxygen atoms in total. The minimum absolute atomic E-state index is 0.145. The lowest BCUT2D eigenvalue weighted by molar-refractivity contribution is -0.113. The van der Waals surface area contributed by atoms with Crippen molar-refractivity contribution in [3.05, 3.63) is 65.1 Å². The molecule has 0 bridgehead atoms. The lowest BCUT2D eigenvalue weighted by Crippen LogP contribution is -2.47. The van der Waals surface area contributed by atoms with Crippen LogP contribution in [0, 0.1) is 0 Å². The molecule has 6 heteroatoms. The number of hydrogen-bond acceptors (Lipinski definition) is 5. The number of aliphatic imine (C=N–C) groups is 1. The third-order valence-corrected chi connectivity index (χ3v) is 7.02. The van der Waals surface area contributed by atoms with Crippen LogP contribution < -0.4 is 9.64 Å². The Bertz CT molecular complexity index is 965. The summed E-state index contributed by atoms with van der Waals surface area (Å²) in [4.78, 5) is 22.1. The average Bonchev–Trinajstić information content (AvgIpc) is 3.23. The zero-order valence-electron chi connectivity index (χ0n) is 19.4. The number of nitrogens with zero attached hydrogens (tertiary/aromatic N) is 3. The van der Waals surface area contributed by atoms with Crippen LogP contribution in [0.3, 0.4) is 0 Å². The second kappa shape index (κ2) is 11.9. The van der Waals surface area contributed by atoms with Crippen LogP contribution in [0.5, 0.6) is 5.75 Å². The number of thioether (sulfide) groups is 1. The highest BCUT2D eigenvalue weighted by atomic mass is 32.2. The van der Waals surface area contributed by atoms with E-state index in [0.29, 0.717) is 4.91 Å². The number of hydrogen-bond donors (Lipinski definition) is 0. The average molecular weight is 464 g/mol. The maximum Gasteiger partial charge on any atom is 0.286 e. The molecule has 0 N–H and O–H groups in total. The molecule has 2 aromatic rings. The molecule has 4 rings (SSSR count). The summed E-state index contributed by atoms with van der Waals surface area (Å²) in [5.74, 6) is 0.735. The van der Waals surface area contributed by atoms with E-state index in [-0.39, 0.29) is 5.91 Å². The van der Waals surface area contributed by atoms with Gasteiger partial charge in [-0.1, -0.05) is 62.9 Å². The normalized spacial score (nSPS) is 17.5. The van der Waals surface area contributed by atoms with Crippen LogP contribution in [0.15, 0.2) is 64.5 Å². The second-order valence-electron chi connectivity index (χ2n) is 8.45. The topological polar surface area (TPSA) is 45.1 Å². The molecule has 0 atom stereocenters. The number of benzene rings is 2. The molecule has 0 spiro atoms. The molecule has 1 amide bonds. The number of rotatable bonds is 9. The zero-order valence-corrected chi connectivity index (χ0v) is 20.2. The van der Waals surface area contributed by atoms with Crippen LogP contribution >= 0.6 is 11.8 Å². The minimum Gasteiger partial charge on any atom is -0.494 e. The van der Waals surface area contributed by atoms with E-state index in [1.54, 1.807) is 0 Å². The summed E-state index contributed by atoms with van der Waals surface area (Å²) in [6, 6.07) is 18.4. The molecular formula is C27H33N3O2S. The SMILES string of the molecule is CCCCCCCOc1ccc(/C=C2/SC(N3CCN(c4ccccc4)CC3)=NC2=O)cc1. The Hall–Kier alpha value is -2.73. The predicted octanol–water partition coefficient (Wildman–Crippen LogP) is 5.83. The van der Waals surface area contributed by atoms with Crippen LogP contribution in [0.25, 0.3) is 6.08 Å². The first kappa shape index (κ1) is 23.4. The van der Waals surface area contributed by atoms with Gasteiger partial charge in [-0.25, -0.2) is 0 Å². The van der Waals surface area contributed by atoms with E-state index in [1.165, 1.54) is 43.1 Å². The van der Waals surface area contributed by atoms with Crippen molar-refractivity contribution in [2.45, 2.75) is 39.0 Å². The zero-order chi connectivity index (χ0) is 22.9. The molecule has 0 unspecified atom stereocenters.